The lowest BCUT2D eigenvalue weighted by atomic mass is 9.81. The maximum atomic E-state index is 13.6. The molecule has 3 aliphatic rings. The van der Waals surface area contributed by atoms with Crippen LogP contribution in [0.5, 0.6) is 0 Å². The lowest BCUT2D eigenvalue weighted by molar-refractivity contribution is -0.143. The van der Waals surface area contributed by atoms with E-state index in [0.717, 1.165) is 35.6 Å². The van der Waals surface area contributed by atoms with Gasteiger partial charge >= 0.3 is 0 Å². The number of hydrogen-bond acceptors (Lipinski definition) is 4. The van der Waals surface area contributed by atoms with Crippen molar-refractivity contribution < 1.29 is 26.7 Å². The Labute approximate surface area is 207 Å². The monoisotopic (exact) mass is 513 g/mol. The van der Waals surface area contributed by atoms with Gasteiger partial charge in [-0.3, -0.25) is 4.79 Å². The van der Waals surface area contributed by atoms with Gasteiger partial charge in [-0.2, -0.15) is 17.4 Å². The summed E-state index contributed by atoms with van der Waals surface area (Å²) >= 11 is 0. The molecule has 1 aromatic rings. The summed E-state index contributed by atoms with van der Waals surface area (Å²) < 4.78 is 62.0. The minimum atomic E-state index is -3.63. The summed E-state index contributed by atoms with van der Waals surface area (Å²) in [5.41, 5.74) is 1.02. The number of benzene rings is 1. The molecule has 3 fully saturated rings. The predicted molar refractivity (Wildman–Crippen MR) is 129 cm³/mol. The van der Waals surface area contributed by atoms with Crippen LogP contribution in [0, 0.1) is 17.7 Å². The first-order valence-electron chi connectivity index (χ1n) is 12.6. The fraction of sp³-hybridized carbons (Fsp3) is 0.720. The second-order valence-electron chi connectivity index (χ2n) is 10.5. The van der Waals surface area contributed by atoms with Crippen LogP contribution in [0.15, 0.2) is 24.3 Å². The fourth-order valence-corrected chi connectivity index (χ4v) is 6.35. The highest BCUT2D eigenvalue weighted by atomic mass is 32.2. The summed E-state index contributed by atoms with van der Waals surface area (Å²) in [4.78, 5) is 14.6. The van der Waals surface area contributed by atoms with Crippen molar-refractivity contribution in [2.45, 2.75) is 69.2 Å². The van der Waals surface area contributed by atoms with Crippen LogP contribution in [-0.2, 0) is 19.7 Å². The van der Waals surface area contributed by atoms with Crippen molar-refractivity contribution in [1.82, 2.24) is 13.9 Å². The number of piperidine rings is 1. The molecule has 1 saturated heterocycles. The number of alkyl halides is 1. The molecular formula is C25H37F2N3O4S. The number of carbonyl (C=O) groups excluding carboxylic acids is 1. The third-order valence-corrected chi connectivity index (χ3v) is 9.36. The maximum absolute atomic E-state index is 13.6. The third-order valence-electron chi connectivity index (χ3n) is 7.80. The van der Waals surface area contributed by atoms with Crippen LogP contribution in [0.4, 0.5) is 8.78 Å². The molecule has 4 rings (SSSR count). The molecule has 1 amide bonds. The molecule has 0 aromatic heterocycles. The van der Waals surface area contributed by atoms with Crippen LogP contribution in [0.25, 0.3) is 0 Å². The van der Waals surface area contributed by atoms with Crippen LogP contribution >= 0.6 is 0 Å². The molecule has 1 aliphatic heterocycles. The van der Waals surface area contributed by atoms with Crippen LogP contribution in [-0.4, -0.2) is 75.6 Å². The zero-order valence-corrected chi connectivity index (χ0v) is 21.4. The Morgan fingerprint density at radius 2 is 1.89 bits per heavy atom. The van der Waals surface area contributed by atoms with E-state index in [1.807, 2.05) is 6.07 Å². The van der Waals surface area contributed by atoms with Gasteiger partial charge in [-0.15, -0.1) is 0 Å². The van der Waals surface area contributed by atoms with E-state index < -0.39 is 16.4 Å². The summed E-state index contributed by atoms with van der Waals surface area (Å²) in [7, 11) is -0.667. The average Bonchev–Trinajstić information content (AvgIpc) is 2.81. The van der Waals surface area contributed by atoms with Crippen molar-refractivity contribution >= 4 is 16.1 Å². The summed E-state index contributed by atoms with van der Waals surface area (Å²) in [5, 5.41) is 0. The second kappa shape index (κ2) is 11.2. The molecular weight excluding hydrogens is 476 g/mol. The van der Waals surface area contributed by atoms with E-state index in [9.17, 15) is 22.0 Å². The number of carbonyl (C=O) groups is 1. The predicted octanol–water partition coefficient (Wildman–Crippen LogP) is 3.23. The van der Waals surface area contributed by atoms with Crippen molar-refractivity contribution in [3.8, 4) is 0 Å². The van der Waals surface area contributed by atoms with E-state index in [1.165, 1.54) is 20.2 Å². The fourth-order valence-electron chi connectivity index (χ4n) is 5.44. The van der Waals surface area contributed by atoms with E-state index in [-0.39, 0.29) is 48.5 Å². The smallest absolute Gasteiger partial charge is 0.279 e. The topological polar surface area (TPSA) is 79.0 Å². The molecule has 10 heteroatoms. The molecule has 0 spiro atoms. The highest BCUT2D eigenvalue weighted by molar-refractivity contribution is 7.87. The van der Waals surface area contributed by atoms with Crippen molar-refractivity contribution in [2.24, 2.45) is 11.8 Å². The molecule has 7 nitrogen and oxygen atoms in total. The number of ether oxygens (including phenoxy) is 1. The minimum Gasteiger partial charge on any atom is -0.378 e. The highest BCUT2D eigenvalue weighted by Gasteiger charge is 2.41. The Hall–Kier alpha value is -1.62. The largest absolute Gasteiger partial charge is 0.378 e. The van der Waals surface area contributed by atoms with Gasteiger partial charge in [-0.1, -0.05) is 12.1 Å². The van der Waals surface area contributed by atoms with Crippen LogP contribution < -0.4 is 4.72 Å². The third kappa shape index (κ3) is 6.58. The lowest BCUT2D eigenvalue weighted by Crippen LogP contribution is -2.57. The Morgan fingerprint density at radius 1 is 1.17 bits per heavy atom. The van der Waals surface area contributed by atoms with Gasteiger partial charge < -0.3 is 9.64 Å². The van der Waals surface area contributed by atoms with Gasteiger partial charge in [0.25, 0.3) is 10.2 Å². The average molecular weight is 514 g/mol. The molecule has 0 radical (unpaired) electrons. The summed E-state index contributed by atoms with van der Waals surface area (Å²) in [6.45, 7) is 1.18. The van der Waals surface area contributed by atoms with Crippen LogP contribution in [0.2, 0.25) is 0 Å². The van der Waals surface area contributed by atoms with Gasteiger partial charge in [0.05, 0.1) is 12.7 Å². The number of amides is 1. The normalized spacial score (nSPS) is 31.9. The van der Waals surface area contributed by atoms with E-state index in [4.69, 9.17) is 4.74 Å². The number of hydrogen-bond donors (Lipinski definition) is 1. The number of nitrogens with one attached hydrogen (secondary N) is 1. The van der Waals surface area contributed by atoms with Gasteiger partial charge in [-0.05, 0) is 68.6 Å². The van der Waals surface area contributed by atoms with Crippen molar-refractivity contribution in [3.05, 3.63) is 35.6 Å². The quantitative estimate of drug-likeness (QED) is 0.579. The molecule has 1 heterocycles. The number of nitrogens with zero attached hydrogens (tertiary/aromatic N) is 2. The van der Waals surface area contributed by atoms with Crippen LogP contribution in [0.3, 0.4) is 0 Å². The van der Waals surface area contributed by atoms with Crippen LogP contribution in [0.1, 0.15) is 56.4 Å². The van der Waals surface area contributed by atoms with Gasteiger partial charge in [0.15, 0.2) is 0 Å². The molecule has 196 valence electrons. The molecule has 2 saturated carbocycles. The van der Waals surface area contributed by atoms with E-state index >= 15 is 0 Å². The molecule has 2 atom stereocenters. The lowest BCUT2D eigenvalue weighted by Gasteiger charge is -2.42. The Kier molecular flexibility index (Phi) is 8.45. The minimum absolute atomic E-state index is 0.0339. The first-order valence-corrected chi connectivity index (χ1v) is 14.1. The van der Waals surface area contributed by atoms with Crippen molar-refractivity contribution in [3.63, 3.8) is 0 Å². The van der Waals surface area contributed by atoms with Crippen molar-refractivity contribution in [1.29, 1.82) is 0 Å². The summed E-state index contributed by atoms with van der Waals surface area (Å²) in [6, 6.07) is 6.43. The number of likely N-dealkylation sites (tertiary alicyclic amines) is 1. The molecule has 1 aromatic carbocycles. The molecule has 0 bridgehead atoms. The molecule has 35 heavy (non-hydrogen) atoms. The first kappa shape index (κ1) is 26.4. The number of halogens is 2. The number of rotatable bonds is 8. The zero-order valence-electron chi connectivity index (χ0n) is 20.5. The van der Waals surface area contributed by atoms with E-state index in [1.54, 1.807) is 17.0 Å². The Bertz CT molecular complexity index is 979. The Balaban J connectivity index is 1.34. The standard InChI is InChI=1S/C25H37F2N3O4S/c1-29(2)35(32,33)28-24-10-11-30(25(31)19-13-22(27)14-19)15-20(24)16-34-23-8-6-17(7-9-23)18-4-3-5-21(26)12-18/h3-5,12,17,19-20,22-24,28H,6-11,13-16H2,1-2H3/t17-,19-,20?,22-,23+,24?. The van der Waals surface area contributed by atoms with E-state index in [2.05, 4.69) is 4.72 Å². The maximum Gasteiger partial charge on any atom is 0.279 e. The van der Waals surface area contributed by atoms with Gasteiger partial charge in [-0.25, -0.2) is 8.78 Å². The summed E-state index contributed by atoms with van der Waals surface area (Å²) in [6.07, 6.45) is 3.73. The van der Waals surface area contributed by atoms with Gasteiger partial charge in [0.2, 0.25) is 5.91 Å². The van der Waals surface area contributed by atoms with Gasteiger partial charge in [0.1, 0.15) is 12.0 Å². The van der Waals surface area contributed by atoms with Gasteiger partial charge in [0, 0.05) is 45.1 Å². The van der Waals surface area contributed by atoms with E-state index in [0.29, 0.717) is 32.0 Å². The second-order valence-corrected chi connectivity index (χ2v) is 12.4. The highest BCUT2D eigenvalue weighted by Crippen LogP contribution is 2.35. The van der Waals surface area contributed by atoms with Crippen molar-refractivity contribution in [2.75, 3.05) is 33.8 Å². The first-order chi connectivity index (χ1) is 16.6. The molecule has 2 aliphatic carbocycles. The zero-order chi connectivity index (χ0) is 25.2. The summed E-state index contributed by atoms with van der Waals surface area (Å²) in [5.74, 6) is -0.389. The molecule has 1 N–H and O–H groups in total. The molecule has 2 unspecified atom stereocenters. The Morgan fingerprint density at radius 3 is 2.51 bits per heavy atom. The SMILES string of the molecule is CN(C)S(=O)(=O)NC1CCN(C(=O)[C@H]2C[C@H](F)C2)CC1CO[C@H]1CC[C@@H](c2cccc(F)c2)CC1.